The zero-order chi connectivity index (χ0) is 7.61. The van der Waals surface area contributed by atoms with Crippen molar-refractivity contribution in [2.24, 2.45) is 11.1 Å². The Morgan fingerprint density at radius 3 is 2.90 bits per heavy atom. The van der Waals surface area contributed by atoms with E-state index < -0.39 is 0 Å². The van der Waals surface area contributed by atoms with Crippen LogP contribution in [0.2, 0.25) is 0 Å². The molecule has 2 atom stereocenters. The fraction of sp³-hybridized carbons (Fsp3) is 1.00. The standard InChI is InChI=1S/C7H15NOS/c1-7(6(9)4-8)2-3-10-5-7/h6,9H,2-5,8H2,1H3. The molecule has 60 valence electrons. The first-order valence-electron chi connectivity index (χ1n) is 3.65. The summed E-state index contributed by atoms with van der Waals surface area (Å²) < 4.78 is 0. The molecule has 1 rings (SSSR count). The molecule has 10 heavy (non-hydrogen) atoms. The molecular weight excluding hydrogens is 146 g/mol. The average Bonchev–Trinajstić information content (AvgIpc) is 2.36. The molecule has 0 amide bonds. The van der Waals surface area contributed by atoms with Gasteiger partial charge in [0, 0.05) is 17.7 Å². The highest BCUT2D eigenvalue weighted by Gasteiger charge is 2.35. The zero-order valence-electron chi connectivity index (χ0n) is 6.34. The molecule has 1 saturated heterocycles. The molecule has 1 fully saturated rings. The van der Waals surface area contributed by atoms with E-state index in [4.69, 9.17) is 5.73 Å². The third-order valence-electron chi connectivity index (χ3n) is 2.28. The highest BCUT2D eigenvalue weighted by atomic mass is 32.2. The van der Waals surface area contributed by atoms with Gasteiger partial charge in [-0.1, -0.05) is 6.92 Å². The Bertz CT molecular complexity index is 112. The van der Waals surface area contributed by atoms with Crippen LogP contribution in [-0.4, -0.2) is 29.3 Å². The Hall–Kier alpha value is 0.270. The Morgan fingerprint density at radius 2 is 2.50 bits per heavy atom. The molecule has 1 heterocycles. The quantitative estimate of drug-likeness (QED) is 0.618. The Balaban J connectivity index is 2.49. The van der Waals surface area contributed by atoms with Crippen LogP contribution in [0, 0.1) is 5.41 Å². The first kappa shape index (κ1) is 8.37. The van der Waals surface area contributed by atoms with Crippen molar-refractivity contribution in [2.45, 2.75) is 19.4 Å². The SMILES string of the molecule is CC1(C(O)CN)CCSC1. The molecule has 0 aromatic carbocycles. The van der Waals surface area contributed by atoms with Gasteiger partial charge in [-0.25, -0.2) is 0 Å². The second-order valence-electron chi connectivity index (χ2n) is 3.21. The van der Waals surface area contributed by atoms with E-state index >= 15 is 0 Å². The summed E-state index contributed by atoms with van der Waals surface area (Å²) in [5.74, 6) is 2.24. The van der Waals surface area contributed by atoms with Gasteiger partial charge in [0.2, 0.25) is 0 Å². The smallest absolute Gasteiger partial charge is 0.0724 e. The minimum atomic E-state index is -0.303. The van der Waals surface area contributed by atoms with Crippen LogP contribution in [0.4, 0.5) is 0 Å². The van der Waals surface area contributed by atoms with Crippen molar-refractivity contribution in [1.29, 1.82) is 0 Å². The van der Waals surface area contributed by atoms with Crippen molar-refractivity contribution in [3.63, 3.8) is 0 Å². The predicted molar refractivity (Wildman–Crippen MR) is 45.1 cm³/mol. The van der Waals surface area contributed by atoms with Crippen LogP contribution in [0.1, 0.15) is 13.3 Å². The third-order valence-corrected chi connectivity index (χ3v) is 3.63. The summed E-state index contributed by atoms with van der Waals surface area (Å²) in [5, 5.41) is 9.48. The van der Waals surface area contributed by atoms with Gasteiger partial charge in [-0.05, 0) is 12.2 Å². The van der Waals surface area contributed by atoms with E-state index in [1.54, 1.807) is 0 Å². The summed E-state index contributed by atoms with van der Waals surface area (Å²) in [5.41, 5.74) is 5.47. The monoisotopic (exact) mass is 161 g/mol. The number of aliphatic hydroxyl groups is 1. The first-order valence-corrected chi connectivity index (χ1v) is 4.80. The Kier molecular flexibility index (Phi) is 2.61. The van der Waals surface area contributed by atoms with E-state index in [1.165, 1.54) is 5.75 Å². The van der Waals surface area contributed by atoms with Gasteiger partial charge in [0.05, 0.1) is 6.10 Å². The van der Waals surface area contributed by atoms with E-state index in [1.807, 2.05) is 11.8 Å². The molecule has 2 unspecified atom stereocenters. The van der Waals surface area contributed by atoms with Gasteiger partial charge >= 0.3 is 0 Å². The highest BCUT2D eigenvalue weighted by molar-refractivity contribution is 7.99. The van der Waals surface area contributed by atoms with Crippen molar-refractivity contribution in [1.82, 2.24) is 0 Å². The van der Waals surface area contributed by atoms with E-state index in [9.17, 15) is 5.11 Å². The molecule has 0 aromatic heterocycles. The van der Waals surface area contributed by atoms with Crippen LogP contribution in [0.15, 0.2) is 0 Å². The van der Waals surface area contributed by atoms with Crippen molar-refractivity contribution in [3.8, 4) is 0 Å². The molecule has 1 aliphatic heterocycles. The average molecular weight is 161 g/mol. The summed E-state index contributed by atoms with van der Waals surface area (Å²) in [6.07, 6.45) is 0.804. The molecule has 0 aliphatic carbocycles. The van der Waals surface area contributed by atoms with Crippen molar-refractivity contribution in [2.75, 3.05) is 18.1 Å². The molecule has 2 nitrogen and oxygen atoms in total. The van der Waals surface area contributed by atoms with Crippen molar-refractivity contribution >= 4 is 11.8 Å². The van der Waals surface area contributed by atoms with Crippen molar-refractivity contribution in [3.05, 3.63) is 0 Å². The normalized spacial score (nSPS) is 36.3. The maximum Gasteiger partial charge on any atom is 0.0724 e. The third kappa shape index (κ3) is 1.47. The van der Waals surface area contributed by atoms with Crippen LogP contribution in [0.25, 0.3) is 0 Å². The summed E-state index contributed by atoms with van der Waals surface area (Å²) in [7, 11) is 0. The zero-order valence-corrected chi connectivity index (χ0v) is 7.16. The first-order chi connectivity index (χ1) is 4.69. The van der Waals surface area contributed by atoms with Gasteiger partial charge in [-0.2, -0.15) is 11.8 Å². The van der Waals surface area contributed by atoms with Crippen molar-refractivity contribution < 1.29 is 5.11 Å². The number of hydrogen-bond acceptors (Lipinski definition) is 3. The Morgan fingerprint density at radius 1 is 1.80 bits per heavy atom. The summed E-state index contributed by atoms with van der Waals surface area (Å²) in [4.78, 5) is 0. The van der Waals surface area contributed by atoms with Gasteiger partial charge in [-0.15, -0.1) is 0 Å². The Labute approximate surface area is 66.2 Å². The molecule has 0 bridgehead atoms. The predicted octanol–water partition coefficient (Wildman–Crippen LogP) is 0.449. The van der Waals surface area contributed by atoms with Crippen LogP contribution < -0.4 is 5.73 Å². The van der Waals surface area contributed by atoms with Crippen LogP contribution in [0.3, 0.4) is 0 Å². The lowest BCUT2D eigenvalue weighted by Gasteiger charge is -2.27. The topological polar surface area (TPSA) is 46.2 Å². The maximum atomic E-state index is 9.48. The number of aliphatic hydroxyl groups excluding tert-OH is 1. The fourth-order valence-corrected chi connectivity index (χ4v) is 2.79. The van der Waals surface area contributed by atoms with E-state index in [0.717, 1.165) is 12.2 Å². The van der Waals surface area contributed by atoms with Crippen LogP contribution in [-0.2, 0) is 0 Å². The van der Waals surface area contributed by atoms with Gasteiger partial charge in [0.15, 0.2) is 0 Å². The second-order valence-corrected chi connectivity index (χ2v) is 4.31. The van der Waals surface area contributed by atoms with Gasteiger partial charge in [-0.3, -0.25) is 0 Å². The molecular formula is C7H15NOS. The number of rotatable bonds is 2. The fourth-order valence-electron chi connectivity index (χ4n) is 1.23. The van der Waals surface area contributed by atoms with Gasteiger partial charge in [0.25, 0.3) is 0 Å². The molecule has 0 spiro atoms. The number of hydrogen-bond donors (Lipinski definition) is 2. The molecule has 0 aromatic rings. The van der Waals surface area contributed by atoms with Gasteiger partial charge < -0.3 is 10.8 Å². The lowest BCUT2D eigenvalue weighted by atomic mass is 9.84. The van der Waals surface area contributed by atoms with E-state index in [0.29, 0.717) is 6.54 Å². The summed E-state index contributed by atoms with van der Waals surface area (Å²) in [6, 6.07) is 0. The van der Waals surface area contributed by atoms with Crippen LogP contribution in [0.5, 0.6) is 0 Å². The van der Waals surface area contributed by atoms with E-state index in [2.05, 4.69) is 6.92 Å². The summed E-state index contributed by atoms with van der Waals surface area (Å²) >= 11 is 1.91. The lowest BCUT2D eigenvalue weighted by Crippen LogP contribution is -2.37. The van der Waals surface area contributed by atoms with Gasteiger partial charge in [0.1, 0.15) is 0 Å². The largest absolute Gasteiger partial charge is 0.391 e. The molecule has 1 aliphatic rings. The maximum absolute atomic E-state index is 9.48. The number of thioether (sulfide) groups is 1. The molecule has 0 saturated carbocycles. The summed E-state index contributed by atoms with van der Waals surface area (Å²) in [6.45, 7) is 2.52. The number of nitrogens with two attached hydrogens (primary N) is 1. The minimum absolute atomic E-state index is 0.0966. The second kappa shape index (κ2) is 3.11. The van der Waals surface area contributed by atoms with E-state index in [-0.39, 0.29) is 11.5 Å². The highest BCUT2D eigenvalue weighted by Crippen LogP contribution is 2.37. The molecule has 3 N–H and O–H groups in total. The minimum Gasteiger partial charge on any atom is -0.391 e. The molecule has 3 heteroatoms. The van der Waals surface area contributed by atoms with Crippen LogP contribution >= 0.6 is 11.8 Å². The lowest BCUT2D eigenvalue weighted by molar-refractivity contribution is 0.0631. The molecule has 0 radical (unpaired) electrons.